The number of rotatable bonds is 3. The van der Waals surface area contributed by atoms with Gasteiger partial charge >= 0.3 is 0 Å². The summed E-state index contributed by atoms with van der Waals surface area (Å²) in [5, 5.41) is 3.70. The standard InChI is InChI=1S/C13H16N4O/c1-17(2)12(18)13(8-11(9-13)15-16-14)10-6-4-3-5-7-10/h3-7,11H,8-9H2,1-2H3. The molecule has 1 amide bonds. The molecule has 0 spiro atoms. The van der Waals surface area contributed by atoms with Gasteiger partial charge in [0.05, 0.1) is 5.41 Å². The maximum absolute atomic E-state index is 12.4. The average Bonchev–Trinajstić information content (AvgIpc) is 2.33. The van der Waals surface area contributed by atoms with Gasteiger partial charge in [-0.25, -0.2) is 0 Å². The van der Waals surface area contributed by atoms with Crippen molar-refractivity contribution < 1.29 is 4.79 Å². The monoisotopic (exact) mass is 244 g/mol. The number of nitrogens with zero attached hydrogens (tertiary/aromatic N) is 4. The van der Waals surface area contributed by atoms with Crippen LogP contribution in [0.5, 0.6) is 0 Å². The van der Waals surface area contributed by atoms with Crippen molar-refractivity contribution in [2.24, 2.45) is 5.11 Å². The first-order valence-electron chi connectivity index (χ1n) is 5.91. The van der Waals surface area contributed by atoms with Gasteiger partial charge in [-0.2, -0.15) is 0 Å². The molecular formula is C13H16N4O. The Morgan fingerprint density at radius 1 is 1.39 bits per heavy atom. The van der Waals surface area contributed by atoms with Crippen LogP contribution in [-0.2, 0) is 10.2 Å². The second-order valence-corrected chi connectivity index (χ2v) is 4.91. The molecule has 1 aromatic rings. The maximum Gasteiger partial charge on any atom is 0.232 e. The summed E-state index contributed by atoms with van der Waals surface area (Å²) in [7, 11) is 3.52. The number of carbonyl (C=O) groups is 1. The molecule has 18 heavy (non-hydrogen) atoms. The van der Waals surface area contributed by atoms with Gasteiger partial charge in [-0.1, -0.05) is 35.4 Å². The van der Waals surface area contributed by atoms with Crippen LogP contribution in [0.4, 0.5) is 0 Å². The minimum atomic E-state index is -0.510. The number of hydrogen-bond acceptors (Lipinski definition) is 2. The maximum atomic E-state index is 12.4. The summed E-state index contributed by atoms with van der Waals surface area (Å²) in [6.07, 6.45) is 1.19. The van der Waals surface area contributed by atoms with E-state index < -0.39 is 5.41 Å². The van der Waals surface area contributed by atoms with Gasteiger partial charge in [0.25, 0.3) is 0 Å². The fourth-order valence-corrected chi connectivity index (χ4v) is 2.62. The fraction of sp³-hybridized carbons (Fsp3) is 0.462. The van der Waals surface area contributed by atoms with Crippen LogP contribution in [0, 0.1) is 0 Å². The van der Waals surface area contributed by atoms with Crippen LogP contribution in [0.15, 0.2) is 35.4 Å². The minimum Gasteiger partial charge on any atom is -0.348 e. The molecule has 0 bridgehead atoms. The van der Waals surface area contributed by atoms with Crippen molar-refractivity contribution in [2.75, 3.05) is 14.1 Å². The molecule has 1 aromatic carbocycles. The molecule has 0 unspecified atom stereocenters. The van der Waals surface area contributed by atoms with Crippen LogP contribution in [0.1, 0.15) is 18.4 Å². The lowest BCUT2D eigenvalue weighted by Crippen LogP contribution is -2.54. The van der Waals surface area contributed by atoms with Crippen LogP contribution in [-0.4, -0.2) is 30.9 Å². The summed E-state index contributed by atoms with van der Waals surface area (Å²) in [5.41, 5.74) is 8.95. The Morgan fingerprint density at radius 2 is 2.00 bits per heavy atom. The largest absolute Gasteiger partial charge is 0.348 e. The molecule has 0 N–H and O–H groups in total. The average molecular weight is 244 g/mol. The van der Waals surface area contributed by atoms with Gasteiger partial charge in [0.15, 0.2) is 0 Å². The SMILES string of the molecule is CN(C)C(=O)C1(c2ccccc2)CC(N=[N+]=[N-])C1. The Hall–Kier alpha value is -2.00. The molecule has 1 aliphatic rings. The van der Waals surface area contributed by atoms with E-state index in [1.807, 2.05) is 30.3 Å². The van der Waals surface area contributed by atoms with E-state index in [2.05, 4.69) is 10.0 Å². The lowest BCUT2D eigenvalue weighted by molar-refractivity contribution is -0.138. The summed E-state index contributed by atoms with van der Waals surface area (Å²) in [6, 6.07) is 9.66. The van der Waals surface area contributed by atoms with E-state index in [4.69, 9.17) is 5.53 Å². The summed E-state index contributed by atoms with van der Waals surface area (Å²) < 4.78 is 0. The molecule has 2 rings (SSSR count). The Balaban J connectivity index is 2.32. The van der Waals surface area contributed by atoms with E-state index in [9.17, 15) is 4.79 Å². The third kappa shape index (κ3) is 1.93. The second kappa shape index (κ2) is 4.70. The van der Waals surface area contributed by atoms with Gasteiger partial charge in [0, 0.05) is 25.0 Å². The zero-order valence-electron chi connectivity index (χ0n) is 10.6. The summed E-state index contributed by atoms with van der Waals surface area (Å²) in [5.74, 6) is 0.0816. The zero-order chi connectivity index (χ0) is 13.2. The van der Waals surface area contributed by atoms with Gasteiger partial charge < -0.3 is 4.90 Å². The second-order valence-electron chi connectivity index (χ2n) is 4.91. The van der Waals surface area contributed by atoms with Gasteiger partial charge in [-0.15, -0.1) is 0 Å². The Labute approximate surface area is 106 Å². The molecule has 94 valence electrons. The topological polar surface area (TPSA) is 69.1 Å². The highest BCUT2D eigenvalue weighted by atomic mass is 16.2. The number of amides is 1. The zero-order valence-corrected chi connectivity index (χ0v) is 10.6. The van der Waals surface area contributed by atoms with Crippen molar-refractivity contribution in [3.8, 4) is 0 Å². The van der Waals surface area contributed by atoms with Crippen molar-refractivity contribution in [3.05, 3.63) is 46.3 Å². The van der Waals surface area contributed by atoms with Crippen LogP contribution in [0.25, 0.3) is 10.4 Å². The van der Waals surface area contributed by atoms with Crippen molar-refractivity contribution in [1.29, 1.82) is 0 Å². The highest BCUT2D eigenvalue weighted by molar-refractivity contribution is 5.89. The number of hydrogen-bond donors (Lipinski definition) is 0. The quantitative estimate of drug-likeness (QED) is 0.457. The van der Waals surface area contributed by atoms with Crippen LogP contribution in [0.3, 0.4) is 0 Å². The van der Waals surface area contributed by atoms with Crippen molar-refractivity contribution in [1.82, 2.24) is 4.90 Å². The first kappa shape index (κ1) is 12.5. The van der Waals surface area contributed by atoms with Gasteiger partial charge in [-0.3, -0.25) is 4.79 Å². The minimum absolute atomic E-state index is 0.0703. The van der Waals surface area contributed by atoms with E-state index in [1.54, 1.807) is 19.0 Å². The molecule has 0 atom stereocenters. The van der Waals surface area contributed by atoms with E-state index >= 15 is 0 Å². The van der Waals surface area contributed by atoms with Crippen molar-refractivity contribution in [3.63, 3.8) is 0 Å². The molecular weight excluding hydrogens is 228 g/mol. The molecule has 0 saturated heterocycles. The summed E-state index contributed by atoms with van der Waals surface area (Å²) >= 11 is 0. The predicted molar refractivity (Wildman–Crippen MR) is 69.0 cm³/mol. The Bertz CT molecular complexity index is 485. The molecule has 0 radical (unpaired) electrons. The van der Waals surface area contributed by atoms with Crippen LogP contribution < -0.4 is 0 Å². The normalized spacial score (nSPS) is 25.8. The smallest absolute Gasteiger partial charge is 0.232 e. The Kier molecular flexibility index (Phi) is 3.26. The summed E-state index contributed by atoms with van der Waals surface area (Å²) in [4.78, 5) is 16.8. The van der Waals surface area contributed by atoms with Crippen molar-refractivity contribution >= 4 is 5.91 Å². The lowest BCUT2D eigenvalue weighted by atomic mass is 9.61. The predicted octanol–water partition coefficient (Wildman–Crippen LogP) is 2.49. The first-order valence-corrected chi connectivity index (χ1v) is 5.91. The molecule has 1 aliphatic carbocycles. The molecule has 5 heteroatoms. The highest BCUT2D eigenvalue weighted by Gasteiger charge is 2.51. The van der Waals surface area contributed by atoms with Gasteiger partial charge in [-0.05, 0) is 23.9 Å². The molecule has 1 saturated carbocycles. The number of azide groups is 1. The van der Waals surface area contributed by atoms with Crippen LogP contribution in [0.2, 0.25) is 0 Å². The lowest BCUT2D eigenvalue weighted by Gasteiger charge is -2.46. The highest BCUT2D eigenvalue weighted by Crippen LogP contribution is 2.46. The third-order valence-corrected chi connectivity index (χ3v) is 3.53. The Morgan fingerprint density at radius 3 is 2.50 bits per heavy atom. The van der Waals surface area contributed by atoms with Crippen LogP contribution >= 0.6 is 0 Å². The third-order valence-electron chi connectivity index (χ3n) is 3.53. The molecule has 0 aliphatic heterocycles. The van der Waals surface area contributed by atoms with E-state index in [-0.39, 0.29) is 11.9 Å². The summed E-state index contributed by atoms with van der Waals surface area (Å²) in [6.45, 7) is 0. The van der Waals surface area contributed by atoms with Gasteiger partial charge in [0.2, 0.25) is 5.91 Å². The van der Waals surface area contributed by atoms with Gasteiger partial charge in [0.1, 0.15) is 0 Å². The van der Waals surface area contributed by atoms with E-state index in [0.29, 0.717) is 12.8 Å². The molecule has 0 aromatic heterocycles. The number of likely N-dealkylation sites (N-methyl/N-ethyl adjacent to an activating group) is 1. The van der Waals surface area contributed by atoms with Crippen molar-refractivity contribution in [2.45, 2.75) is 24.3 Å². The molecule has 0 heterocycles. The van der Waals surface area contributed by atoms with E-state index in [1.165, 1.54) is 0 Å². The number of benzene rings is 1. The molecule has 1 fully saturated rings. The van der Waals surface area contributed by atoms with E-state index in [0.717, 1.165) is 5.56 Å². The number of carbonyl (C=O) groups excluding carboxylic acids is 1. The first-order chi connectivity index (χ1) is 8.60. The molecule has 5 nitrogen and oxygen atoms in total. The fourth-order valence-electron chi connectivity index (χ4n) is 2.62.